The van der Waals surface area contributed by atoms with Gasteiger partial charge in [-0.3, -0.25) is 0 Å². The molecule has 0 aliphatic carbocycles. The van der Waals surface area contributed by atoms with E-state index < -0.39 is 15.6 Å². The molecule has 2 aromatic heterocycles. The Balaban J connectivity index is 2.11. The Morgan fingerprint density at radius 2 is 2.10 bits per heavy atom. The zero-order valence-corrected chi connectivity index (χ0v) is 13.3. The molecular formula is C12H14ClNO4S2. The van der Waals surface area contributed by atoms with Gasteiger partial charge in [0.05, 0.1) is 4.34 Å². The van der Waals surface area contributed by atoms with E-state index in [2.05, 4.69) is 4.72 Å². The molecule has 5 nitrogen and oxygen atoms in total. The number of aryl methyl sites for hydroxylation is 1. The molecule has 1 atom stereocenters. The molecule has 0 aliphatic rings. The maximum absolute atomic E-state index is 12.0. The van der Waals surface area contributed by atoms with Crippen LogP contribution >= 0.6 is 22.9 Å². The number of nitrogens with one attached hydrogen (secondary N) is 1. The number of hydrogen-bond acceptors (Lipinski definition) is 5. The maximum Gasteiger partial charge on any atom is 0.250 e. The third-order valence-electron chi connectivity index (χ3n) is 2.69. The van der Waals surface area contributed by atoms with Crippen LogP contribution in [0.5, 0.6) is 0 Å². The summed E-state index contributed by atoms with van der Waals surface area (Å²) < 4.78 is 32.2. The first-order chi connectivity index (χ1) is 9.21. The van der Waals surface area contributed by atoms with Gasteiger partial charge in [-0.15, -0.1) is 11.3 Å². The van der Waals surface area contributed by atoms with Gasteiger partial charge in [-0.2, -0.15) is 0 Å². The number of sulfonamides is 1. The van der Waals surface area contributed by atoms with Crippen molar-refractivity contribution in [3.63, 3.8) is 0 Å². The van der Waals surface area contributed by atoms with Gasteiger partial charge in [-0.1, -0.05) is 11.6 Å². The van der Waals surface area contributed by atoms with Gasteiger partial charge in [0.25, 0.3) is 0 Å². The summed E-state index contributed by atoms with van der Waals surface area (Å²) in [6, 6.07) is 6.25. The first-order valence-corrected chi connectivity index (χ1v) is 8.43. The predicted molar refractivity (Wildman–Crippen MR) is 77.5 cm³/mol. The van der Waals surface area contributed by atoms with Gasteiger partial charge in [0.2, 0.25) is 10.0 Å². The van der Waals surface area contributed by atoms with Gasteiger partial charge in [0.1, 0.15) is 21.3 Å². The van der Waals surface area contributed by atoms with Crippen molar-refractivity contribution in [3.8, 4) is 0 Å². The second kappa shape index (κ2) is 5.50. The fourth-order valence-corrected chi connectivity index (χ4v) is 4.22. The predicted octanol–water partition coefficient (Wildman–Crippen LogP) is 2.49. The van der Waals surface area contributed by atoms with Crippen molar-refractivity contribution in [2.45, 2.75) is 23.7 Å². The van der Waals surface area contributed by atoms with E-state index in [1.54, 1.807) is 19.1 Å². The van der Waals surface area contributed by atoms with E-state index in [4.69, 9.17) is 16.0 Å². The molecule has 0 spiro atoms. The van der Waals surface area contributed by atoms with Crippen molar-refractivity contribution in [1.82, 2.24) is 4.72 Å². The van der Waals surface area contributed by atoms with Crippen LogP contribution in [0.4, 0.5) is 0 Å². The van der Waals surface area contributed by atoms with Crippen LogP contribution < -0.4 is 4.72 Å². The standard InChI is InChI=1S/C12H14ClNO4S2/c1-8-3-4-9(18-8)12(2,15)7-14-20(16,17)11-6-5-10(13)19-11/h3-6,14-15H,7H2,1-2H3/t12-/m1/s1. The first-order valence-electron chi connectivity index (χ1n) is 5.75. The van der Waals surface area contributed by atoms with Crippen molar-refractivity contribution in [2.24, 2.45) is 0 Å². The summed E-state index contributed by atoms with van der Waals surface area (Å²) in [6.07, 6.45) is 0. The van der Waals surface area contributed by atoms with E-state index >= 15 is 0 Å². The van der Waals surface area contributed by atoms with Crippen LogP contribution in [-0.2, 0) is 15.6 Å². The third-order valence-corrected chi connectivity index (χ3v) is 5.82. The molecule has 2 rings (SSSR count). The largest absolute Gasteiger partial charge is 0.463 e. The second-order valence-electron chi connectivity index (χ2n) is 4.57. The van der Waals surface area contributed by atoms with Gasteiger partial charge < -0.3 is 9.52 Å². The molecule has 0 saturated heterocycles. The molecule has 0 aliphatic heterocycles. The molecular weight excluding hydrogens is 322 g/mol. The first kappa shape index (κ1) is 15.5. The van der Waals surface area contributed by atoms with Crippen LogP contribution in [0, 0.1) is 6.92 Å². The lowest BCUT2D eigenvalue weighted by atomic mass is 10.1. The second-order valence-corrected chi connectivity index (χ2v) is 8.28. The van der Waals surface area contributed by atoms with Gasteiger partial charge >= 0.3 is 0 Å². The molecule has 0 bridgehead atoms. The molecule has 0 aromatic carbocycles. The Hall–Kier alpha value is -0.860. The van der Waals surface area contributed by atoms with E-state index in [-0.39, 0.29) is 10.8 Å². The van der Waals surface area contributed by atoms with Crippen LogP contribution in [0.2, 0.25) is 4.34 Å². The number of aliphatic hydroxyl groups is 1. The van der Waals surface area contributed by atoms with E-state index in [0.717, 1.165) is 11.3 Å². The normalized spacial score (nSPS) is 15.2. The van der Waals surface area contributed by atoms with Crippen LogP contribution in [0.1, 0.15) is 18.4 Å². The highest BCUT2D eigenvalue weighted by atomic mass is 35.5. The number of furan rings is 1. The summed E-state index contributed by atoms with van der Waals surface area (Å²) in [7, 11) is -3.69. The molecule has 8 heteroatoms. The Morgan fingerprint density at radius 1 is 1.40 bits per heavy atom. The smallest absolute Gasteiger partial charge is 0.250 e. The van der Waals surface area contributed by atoms with Crippen LogP contribution in [0.15, 0.2) is 32.9 Å². The SMILES string of the molecule is Cc1ccc([C@](C)(O)CNS(=O)(=O)c2ccc(Cl)s2)o1. The lowest BCUT2D eigenvalue weighted by molar-refractivity contribution is 0.0388. The molecule has 110 valence electrons. The summed E-state index contributed by atoms with van der Waals surface area (Å²) in [5, 5.41) is 10.3. The minimum absolute atomic E-state index is 0.105. The summed E-state index contributed by atoms with van der Waals surface area (Å²) in [5.74, 6) is 0.954. The van der Waals surface area contributed by atoms with Crippen molar-refractivity contribution in [3.05, 3.63) is 40.1 Å². The average Bonchev–Trinajstić information content (AvgIpc) is 2.96. The van der Waals surface area contributed by atoms with Gasteiger partial charge in [0, 0.05) is 6.54 Å². The zero-order valence-electron chi connectivity index (χ0n) is 10.9. The third kappa shape index (κ3) is 3.42. The minimum atomic E-state index is -3.69. The van der Waals surface area contributed by atoms with Gasteiger partial charge in [0.15, 0.2) is 0 Å². The lowest BCUT2D eigenvalue weighted by Crippen LogP contribution is -2.38. The zero-order chi connectivity index (χ0) is 15.0. The fraction of sp³-hybridized carbons (Fsp3) is 0.333. The number of halogens is 1. The van der Waals surface area contributed by atoms with E-state index in [9.17, 15) is 13.5 Å². The molecule has 2 N–H and O–H groups in total. The molecule has 0 fully saturated rings. The van der Waals surface area contributed by atoms with Crippen molar-refractivity contribution in [2.75, 3.05) is 6.54 Å². The van der Waals surface area contributed by atoms with Crippen LogP contribution in [-0.4, -0.2) is 20.1 Å². The molecule has 2 aromatic rings. The summed E-state index contributed by atoms with van der Waals surface area (Å²) in [4.78, 5) is 0. The molecule has 0 radical (unpaired) electrons. The van der Waals surface area contributed by atoms with Crippen molar-refractivity contribution >= 4 is 33.0 Å². The van der Waals surface area contributed by atoms with E-state index in [1.165, 1.54) is 19.1 Å². The number of thiophene rings is 1. The average molecular weight is 336 g/mol. The quantitative estimate of drug-likeness (QED) is 0.879. The Kier molecular flexibility index (Phi) is 4.27. The maximum atomic E-state index is 12.0. The van der Waals surface area contributed by atoms with Crippen LogP contribution in [0.3, 0.4) is 0 Å². The monoisotopic (exact) mass is 335 g/mol. The van der Waals surface area contributed by atoms with E-state index in [0.29, 0.717) is 15.9 Å². The van der Waals surface area contributed by atoms with Gasteiger partial charge in [-0.25, -0.2) is 13.1 Å². The summed E-state index contributed by atoms with van der Waals surface area (Å²) in [6.45, 7) is 3.03. The Bertz CT molecular complexity index is 703. The highest BCUT2D eigenvalue weighted by Crippen LogP contribution is 2.27. The van der Waals surface area contributed by atoms with Crippen LogP contribution in [0.25, 0.3) is 0 Å². The Labute approximate surface area is 126 Å². The summed E-state index contributed by atoms with van der Waals surface area (Å²) >= 11 is 6.67. The molecule has 2 heterocycles. The summed E-state index contributed by atoms with van der Waals surface area (Å²) in [5.41, 5.74) is -1.43. The fourth-order valence-electron chi connectivity index (χ4n) is 1.56. The molecule has 0 amide bonds. The van der Waals surface area contributed by atoms with Gasteiger partial charge in [-0.05, 0) is 38.1 Å². The highest BCUT2D eigenvalue weighted by Gasteiger charge is 2.29. The molecule has 0 unspecified atom stereocenters. The number of hydrogen-bond donors (Lipinski definition) is 2. The van der Waals surface area contributed by atoms with Crippen molar-refractivity contribution in [1.29, 1.82) is 0 Å². The topological polar surface area (TPSA) is 79.5 Å². The molecule has 0 saturated carbocycles. The minimum Gasteiger partial charge on any atom is -0.463 e. The lowest BCUT2D eigenvalue weighted by Gasteiger charge is -2.20. The number of rotatable bonds is 5. The highest BCUT2D eigenvalue weighted by molar-refractivity contribution is 7.91. The van der Waals surface area contributed by atoms with E-state index in [1.807, 2.05) is 0 Å². The molecule has 20 heavy (non-hydrogen) atoms. The van der Waals surface area contributed by atoms with Crippen molar-refractivity contribution < 1.29 is 17.9 Å². The Morgan fingerprint density at radius 3 is 2.60 bits per heavy atom.